The molecule has 3 aromatic rings. The molecule has 6 heteroatoms. The van der Waals surface area contributed by atoms with Crippen molar-refractivity contribution in [1.82, 2.24) is 9.97 Å². The highest BCUT2D eigenvalue weighted by Gasteiger charge is 2.42. The Bertz CT molecular complexity index is 1000. The lowest BCUT2D eigenvalue weighted by Gasteiger charge is -2.28. The van der Waals surface area contributed by atoms with E-state index in [4.69, 9.17) is 0 Å². The van der Waals surface area contributed by atoms with Crippen LogP contribution < -0.4 is 5.32 Å². The van der Waals surface area contributed by atoms with E-state index < -0.39 is 5.41 Å². The number of anilines is 1. The molecule has 4 rings (SSSR count). The summed E-state index contributed by atoms with van der Waals surface area (Å²) in [5.41, 5.74) is 2.07. The summed E-state index contributed by atoms with van der Waals surface area (Å²) in [5, 5.41) is 3.81. The number of nitrogens with one attached hydrogen (secondary N) is 1. The largest absolute Gasteiger partial charge is 0.325 e. The van der Waals surface area contributed by atoms with Crippen LogP contribution in [0.1, 0.15) is 36.8 Å². The summed E-state index contributed by atoms with van der Waals surface area (Å²) in [7, 11) is 0. The molecule has 0 unspecified atom stereocenters. The van der Waals surface area contributed by atoms with Gasteiger partial charge in [-0.25, -0.2) is 14.4 Å². The molecular weight excluding hydrogens is 385 g/mol. The van der Waals surface area contributed by atoms with E-state index in [2.05, 4.69) is 15.3 Å². The van der Waals surface area contributed by atoms with Gasteiger partial charge in [0.15, 0.2) is 5.16 Å². The highest BCUT2D eigenvalue weighted by Crippen LogP contribution is 2.42. The Morgan fingerprint density at radius 1 is 1.07 bits per heavy atom. The van der Waals surface area contributed by atoms with Crippen molar-refractivity contribution in [3.05, 3.63) is 77.9 Å². The van der Waals surface area contributed by atoms with Gasteiger partial charge in [-0.2, -0.15) is 0 Å². The first-order valence-corrected chi connectivity index (χ1v) is 10.5. The van der Waals surface area contributed by atoms with Gasteiger partial charge in [0.1, 0.15) is 5.82 Å². The van der Waals surface area contributed by atoms with Crippen molar-refractivity contribution in [3.63, 3.8) is 0 Å². The minimum Gasteiger partial charge on any atom is -0.325 e. The maximum atomic E-state index is 13.4. The Hall–Kier alpha value is -2.73. The van der Waals surface area contributed by atoms with Crippen molar-refractivity contribution in [2.75, 3.05) is 5.32 Å². The number of amides is 1. The fourth-order valence-corrected chi connectivity index (χ4v) is 4.73. The summed E-state index contributed by atoms with van der Waals surface area (Å²) >= 11 is 1.48. The van der Waals surface area contributed by atoms with E-state index in [1.807, 2.05) is 25.1 Å². The number of halogens is 1. The van der Waals surface area contributed by atoms with Gasteiger partial charge in [-0.3, -0.25) is 4.79 Å². The number of nitrogens with zero attached hydrogens (tertiary/aromatic N) is 2. The summed E-state index contributed by atoms with van der Waals surface area (Å²) < 4.78 is 13.4. The molecule has 1 heterocycles. The Morgan fingerprint density at radius 3 is 2.41 bits per heavy atom. The van der Waals surface area contributed by atoms with Crippen molar-refractivity contribution < 1.29 is 9.18 Å². The molecule has 0 aliphatic heterocycles. The second-order valence-electron chi connectivity index (χ2n) is 7.36. The molecule has 1 amide bonds. The number of aromatic nitrogens is 2. The van der Waals surface area contributed by atoms with Gasteiger partial charge < -0.3 is 5.32 Å². The molecule has 1 aromatic heterocycles. The molecule has 0 spiro atoms. The van der Waals surface area contributed by atoms with Gasteiger partial charge in [-0.05, 0) is 79.1 Å². The minimum absolute atomic E-state index is 0.0171. The smallest absolute Gasteiger partial charge is 0.235 e. The molecule has 1 saturated carbocycles. The Labute approximate surface area is 174 Å². The van der Waals surface area contributed by atoms with E-state index in [1.165, 1.54) is 23.9 Å². The fourth-order valence-electron chi connectivity index (χ4n) is 3.92. The third-order valence-corrected chi connectivity index (χ3v) is 6.37. The molecule has 1 N–H and O–H groups in total. The number of carbonyl (C=O) groups is 1. The van der Waals surface area contributed by atoms with Gasteiger partial charge in [-0.1, -0.05) is 25.0 Å². The highest BCUT2D eigenvalue weighted by molar-refractivity contribution is 7.99. The van der Waals surface area contributed by atoms with Crippen LogP contribution in [0.3, 0.4) is 0 Å². The third kappa shape index (κ3) is 4.17. The summed E-state index contributed by atoms with van der Waals surface area (Å²) in [6.07, 6.45) is 6.99. The SMILES string of the molecule is Cc1cc(Sc2ncccn2)ccc1NC(=O)C1(c2ccc(F)cc2)CCCC1. The molecule has 0 bridgehead atoms. The van der Waals surface area contributed by atoms with Gasteiger partial charge in [0, 0.05) is 23.0 Å². The van der Waals surface area contributed by atoms with Crippen LogP contribution in [0.5, 0.6) is 0 Å². The average Bonchev–Trinajstić information content (AvgIpc) is 3.22. The summed E-state index contributed by atoms with van der Waals surface area (Å²) in [5.74, 6) is -0.301. The number of aryl methyl sites for hydroxylation is 1. The molecule has 148 valence electrons. The van der Waals surface area contributed by atoms with Gasteiger partial charge >= 0.3 is 0 Å². The number of rotatable bonds is 5. The maximum absolute atomic E-state index is 13.4. The topological polar surface area (TPSA) is 54.9 Å². The Kier molecular flexibility index (Phi) is 5.62. The van der Waals surface area contributed by atoms with Gasteiger partial charge in [0.2, 0.25) is 5.91 Å². The quantitative estimate of drug-likeness (QED) is 0.565. The zero-order valence-corrected chi connectivity index (χ0v) is 17.0. The first kappa shape index (κ1) is 19.6. The van der Waals surface area contributed by atoms with Gasteiger partial charge in [0.25, 0.3) is 0 Å². The first-order valence-electron chi connectivity index (χ1n) is 9.70. The van der Waals surface area contributed by atoms with Crippen LogP contribution in [0.2, 0.25) is 0 Å². The lowest BCUT2D eigenvalue weighted by molar-refractivity contribution is -0.121. The van der Waals surface area contributed by atoms with E-state index in [9.17, 15) is 9.18 Å². The van der Waals surface area contributed by atoms with Crippen molar-refractivity contribution >= 4 is 23.4 Å². The first-order chi connectivity index (χ1) is 14.1. The Morgan fingerprint density at radius 2 is 1.76 bits per heavy atom. The van der Waals surface area contributed by atoms with Crippen molar-refractivity contribution in [3.8, 4) is 0 Å². The second-order valence-corrected chi connectivity index (χ2v) is 8.40. The van der Waals surface area contributed by atoms with E-state index >= 15 is 0 Å². The number of benzene rings is 2. The highest BCUT2D eigenvalue weighted by atomic mass is 32.2. The zero-order valence-electron chi connectivity index (χ0n) is 16.2. The van der Waals surface area contributed by atoms with Gasteiger partial charge in [0.05, 0.1) is 5.41 Å². The summed E-state index contributed by atoms with van der Waals surface area (Å²) in [6, 6.07) is 14.1. The molecule has 0 atom stereocenters. The molecule has 1 fully saturated rings. The van der Waals surface area contributed by atoms with E-state index in [1.54, 1.807) is 30.6 Å². The molecule has 1 aliphatic carbocycles. The zero-order chi connectivity index (χ0) is 20.3. The lowest BCUT2D eigenvalue weighted by Crippen LogP contribution is -2.38. The summed E-state index contributed by atoms with van der Waals surface area (Å²) in [6.45, 7) is 1.98. The van der Waals surface area contributed by atoms with Crippen molar-refractivity contribution in [2.24, 2.45) is 0 Å². The minimum atomic E-state index is -0.592. The molecule has 0 radical (unpaired) electrons. The van der Waals surface area contributed by atoms with Crippen LogP contribution in [0, 0.1) is 12.7 Å². The fraction of sp³-hybridized carbons (Fsp3) is 0.261. The van der Waals surface area contributed by atoms with Crippen LogP contribution in [0.25, 0.3) is 0 Å². The van der Waals surface area contributed by atoms with E-state index in [0.717, 1.165) is 47.4 Å². The van der Waals surface area contributed by atoms with Crippen LogP contribution in [0.4, 0.5) is 10.1 Å². The summed E-state index contributed by atoms with van der Waals surface area (Å²) in [4.78, 5) is 22.8. The second kappa shape index (κ2) is 8.33. The molecule has 29 heavy (non-hydrogen) atoms. The predicted molar refractivity (Wildman–Crippen MR) is 113 cm³/mol. The molecule has 2 aromatic carbocycles. The molecule has 0 saturated heterocycles. The van der Waals surface area contributed by atoms with E-state index in [0.29, 0.717) is 5.16 Å². The Balaban J connectivity index is 1.54. The normalized spacial score (nSPS) is 15.2. The van der Waals surface area contributed by atoms with Gasteiger partial charge in [-0.15, -0.1) is 0 Å². The third-order valence-electron chi connectivity index (χ3n) is 5.49. The predicted octanol–water partition coefficient (Wildman–Crippen LogP) is 5.53. The number of carbonyl (C=O) groups excluding carboxylic acids is 1. The van der Waals surface area contributed by atoms with Crippen molar-refractivity contribution in [2.45, 2.75) is 48.1 Å². The molecular formula is C23H22FN3OS. The maximum Gasteiger partial charge on any atom is 0.235 e. The number of hydrogen-bond donors (Lipinski definition) is 1. The standard InChI is InChI=1S/C23H22FN3OS/c1-16-15-19(29-22-25-13-4-14-26-22)9-10-20(16)27-21(28)23(11-2-3-12-23)17-5-7-18(24)8-6-17/h4-10,13-15H,2-3,11-12H2,1H3,(H,27,28). The average molecular weight is 408 g/mol. The van der Waals surface area contributed by atoms with Crippen molar-refractivity contribution in [1.29, 1.82) is 0 Å². The van der Waals surface area contributed by atoms with Crippen LogP contribution in [0.15, 0.2) is 71.0 Å². The molecule has 1 aliphatic rings. The lowest BCUT2D eigenvalue weighted by atomic mass is 9.78. The van der Waals surface area contributed by atoms with Crippen LogP contribution in [-0.2, 0) is 10.2 Å². The van der Waals surface area contributed by atoms with E-state index in [-0.39, 0.29) is 11.7 Å². The number of hydrogen-bond acceptors (Lipinski definition) is 4. The van der Waals surface area contributed by atoms with Crippen LogP contribution in [-0.4, -0.2) is 15.9 Å². The van der Waals surface area contributed by atoms with Crippen LogP contribution >= 0.6 is 11.8 Å². The monoisotopic (exact) mass is 407 g/mol. The molecule has 4 nitrogen and oxygen atoms in total.